The molecule has 3 nitrogen and oxygen atoms in total. The van der Waals surface area contributed by atoms with Crippen molar-refractivity contribution in [2.75, 3.05) is 6.54 Å². The number of rotatable bonds is 7. The standard InChI is InChI=1S/C15H29NO2/c1-4-15(2,3)12-7-9-13(10-8-12)16-11-5-6-14(17)18/h12-13,16H,4-11H2,1-3H3,(H,17,18). The fraction of sp³-hybridized carbons (Fsp3) is 0.933. The van der Waals surface area contributed by atoms with Crippen molar-refractivity contribution in [2.24, 2.45) is 11.3 Å². The Hall–Kier alpha value is -0.570. The smallest absolute Gasteiger partial charge is 0.303 e. The molecular weight excluding hydrogens is 226 g/mol. The highest BCUT2D eigenvalue weighted by Crippen LogP contribution is 2.40. The largest absolute Gasteiger partial charge is 0.481 e. The second-order valence-electron chi connectivity index (χ2n) is 6.34. The molecule has 1 aliphatic carbocycles. The van der Waals surface area contributed by atoms with Gasteiger partial charge in [-0.2, -0.15) is 0 Å². The number of aliphatic carboxylic acids is 1. The van der Waals surface area contributed by atoms with Gasteiger partial charge in [-0.05, 0) is 50.0 Å². The molecule has 0 radical (unpaired) electrons. The Morgan fingerprint density at radius 3 is 2.39 bits per heavy atom. The number of carbonyl (C=O) groups is 1. The summed E-state index contributed by atoms with van der Waals surface area (Å²) in [5.41, 5.74) is 0.480. The van der Waals surface area contributed by atoms with Crippen LogP contribution in [-0.2, 0) is 4.79 Å². The van der Waals surface area contributed by atoms with Crippen molar-refractivity contribution in [3.63, 3.8) is 0 Å². The van der Waals surface area contributed by atoms with Gasteiger partial charge in [0.15, 0.2) is 0 Å². The maximum Gasteiger partial charge on any atom is 0.303 e. The Labute approximate surface area is 111 Å². The minimum atomic E-state index is -0.690. The topological polar surface area (TPSA) is 49.3 Å². The average molecular weight is 255 g/mol. The lowest BCUT2D eigenvalue weighted by atomic mass is 9.69. The first-order valence-corrected chi connectivity index (χ1v) is 7.41. The molecule has 0 aromatic rings. The van der Waals surface area contributed by atoms with Crippen molar-refractivity contribution in [1.82, 2.24) is 5.32 Å². The van der Waals surface area contributed by atoms with Crippen molar-refractivity contribution in [3.8, 4) is 0 Å². The van der Waals surface area contributed by atoms with E-state index in [0.29, 0.717) is 11.5 Å². The van der Waals surface area contributed by atoms with Gasteiger partial charge in [0, 0.05) is 12.5 Å². The first-order valence-electron chi connectivity index (χ1n) is 7.41. The van der Waals surface area contributed by atoms with Crippen LogP contribution in [0.4, 0.5) is 0 Å². The second kappa shape index (κ2) is 7.13. The van der Waals surface area contributed by atoms with Crippen molar-refractivity contribution in [3.05, 3.63) is 0 Å². The quantitative estimate of drug-likeness (QED) is 0.685. The molecule has 0 aromatic carbocycles. The van der Waals surface area contributed by atoms with Gasteiger partial charge in [0.25, 0.3) is 0 Å². The van der Waals surface area contributed by atoms with Crippen molar-refractivity contribution < 1.29 is 9.90 Å². The van der Waals surface area contributed by atoms with Crippen LogP contribution in [-0.4, -0.2) is 23.7 Å². The number of hydrogen-bond acceptors (Lipinski definition) is 2. The van der Waals surface area contributed by atoms with Gasteiger partial charge in [-0.1, -0.05) is 27.2 Å². The number of nitrogens with one attached hydrogen (secondary N) is 1. The van der Waals surface area contributed by atoms with Crippen molar-refractivity contribution >= 4 is 5.97 Å². The third-order valence-electron chi connectivity index (χ3n) is 4.74. The summed E-state index contributed by atoms with van der Waals surface area (Å²) in [5.74, 6) is 0.171. The van der Waals surface area contributed by atoms with E-state index < -0.39 is 5.97 Å². The van der Waals surface area contributed by atoms with Gasteiger partial charge in [0.2, 0.25) is 0 Å². The molecule has 1 fully saturated rings. The second-order valence-corrected chi connectivity index (χ2v) is 6.34. The maximum atomic E-state index is 10.4. The molecule has 106 valence electrons. The molecule has 0 spiro atoms. The molecule has 0 saturated heterocycles. The highest BCUT2D eigenvalue weighted by atomic mass is 16.4. The lowest BCUT2D eigenvalue weighted by molar-refractivity contribution is -0.137. The van der Waals surface area contributed by atoms with E-state index in [1.54, 1.807) is 0 Å². The zero-order chi connectivity index (χ0) is 13.6. The Morgan fingerprint density at radius 1 is 1.28 bits per heavy atom. The van der Waals surface area contributed by atoms with Crippen LogP contribution >= 0.6 is 0 Å². The molecule has 0 aromatic heterocycles. The Morgan fingerprint density at radius 2 is 1.89 bits per heavy atom. The molecule has 1 rings (SSSR count). The molecule has 0 unspecified atom stereocenters. The van der Waals surface area contributed by atoms with E-state index in [-0.39, 0.29) is 6.42 Å². The van der Waals surface area contributed by atoms with Gasteiger partial charge in [-0.15, -0.1) is 0 Å². The van der Waals surface area contributed by atoms with Crippen LogP contribution in [0.1, 0.15) is 65.7 Å². The van der Waals surface area contributed by atoms with Crippen LogP contribution in [0.5, 0.6) is 0 Å². The maximum absolute atomic E-state index is 10.4. The number of hydrogen-bond donors (Lipinski definition) is 2. The normalized spacial score (nSPS) is 25.1. The van der Waals surface area contributed by atoms with E-state index in [1.807, 2.05) is 0 Å². The zero-order valence-electron chi connectivity index (χ0n) is 12.2. The van der Waals surface area contributed by atoms with Crippen LogP contribution in [0, 0.1) is 11.3 Å². The first-order chi connectivity index (χ1) is 8.45. The van der Waals surface area contributed by atoms with Gasteiger partial charge < -0.3 is 10.4 Å². The molecule has 0 bridgehead atoms. The fourth-order valence-electron chi connectivity index (χ4n) is 2.91. The van der Waals surface area contributed by atoms with Crippen LogP contribution < -0.4 is 5.32 Å². The van der Waals surface area contributed by atoms with Crippen LogP contribution in [0.3, 0.4) is 0 Å². The lowest BCUT2D eigenvalue weighted by Crippen LogP contribution is -2.37. The molecule has 2 N–H and O–H groups in total. The monoisotopic (exact) mass is 255 g/mol. The molecule has 1 saturated carbocycles. The van der Waals surface area contributed by atoms with E-state index in [9.17, 15) is 4.79 Å². The summed E-state index contributed by atoms with van der Waals surface area (Å²) in [6, 6.07) is 0.614. The molecule has 18 heavy (non-hydrogen) atoms. The highest BCUT2D eigenvalue weighted by molar-refractivity contribution is 5.66. The van der Waals surface area contributed by atoms with Crippen LogP contribution in [0.25, 0.3) is 0 Å². The van der Waals surface area contributed by atoms with Gasteiger partial charge in [0.1, 0.15) is 0 Å². The van der Waals surface area contributed by atoms with E-state index in [4.69, 9.17) is 5.11 Å². The minimum Gasteiger partial charge on any atom is -0.481 e. The average Bonchev–Trinajstić information content (AvgIpc) is 2.35. The number of carboxylic acids is 1. The van der Waals surface area contributed by atoms with E-state index in [1.165, 1.54) is 32.1 Å². The third-order valence-corrected chi connectivity index (χ3v) is 4.74. The minimum absolute atomic E-state index is 0.283. The molecule has 0 heterocycles. The Kier molecular flexibility index (Phi) is 6.13. The van der Waals surface area contributed by atoms with Gasteiger partial charge in [0.05, 0.1) is 0 Å². The summed E-state index contributed by atoms with van der Waals surface area (Å²) in [6.45, 7) is 7.91. The SMILES string of the molecule is CCC(C)(C)C1CCC(NCCCC(=O)O)CC1. The van der Waals surface area contributed by atoms with Crippen LogP contribution in [0.15, 0.2) is 0 Å². The van der Waals surface area contributed by atoms with Gasteiger partial charge in [-0.3, -0.25) is 4.79 Å². The first kappa shape index (κ1) is 15.5. The van der Waals surface area contributed by atoms with E-state index >= 15 is 0 Å². The molecule has 0 amide bonds. The Balaban J connectivity index is 2.17. The summed E-state index contributed by atoms with van der Waals surface area (Å²) in [4.78, 5) is 10.4. The molecular formula is C15H29NO2. The molecule has 0 aliphatic heterocycles. The summed E-state index contributed by atoms with van der Waals surface area (Å²) in [6.07, 6.45) is 7.42. The van der Waals surface area contributed by atoms with Crippen molar-refractivity contribution in [1.29, 1.82) is 0 Å². The lowest BCUT2D eigenvalue weighted by Gasteiger charge is -2.39. The van der Waals surface area contributed by atoms with Gasteiger partial charge in [-0.25, -0.2) is 0 Å². The fourth-order valence-corrected chi connectivity index (χ4v) is 2.91. The zero-order valence-corrected chi connectivity index (χ0v) is 12.2. The predicted octanol–water partition coefficient (Wildman–Crippen LogP) is 3.44. The molecule has 0 atom stereocenters. The van der Waals surface area contributed by atoms with Crippen LogP contribution in [0.2, 0.25) is 0 Å². The van der Waals surface area contributed by atoms with Crippen molar-refractivity contribution in [2.45, 2.75) is 71.8 Å². The third kappa shape index (κ3) is 4.97. The summed E-state index contributed by atoms with van der Waals surface area (Å²) in [5, 5.41) is 12.1. The predicted molar refractivity (Wildman–Crippen MR) is 74.7 cm³/mol. The van der Waals surface area contributed by atoms with E-state index in [0.717, 1.165) is 18.9 Å². The summed E-state index contributed by atoms with van der Waals surface area (Å²) in [7, 11) is 0. The Bertz CT molecular complexity index is 255. The summed E-state index contributed by atoms with van der Waals surface area (Å²) >= 11 is 0. The molecule has 1 aliphatic rings. The van der Waals surface area contributed by atoms with Gasteiger partial charge >= 0.3 is 5.97 Å². The summed E-state index contributed by atoms with van der Waals surface area (Å²) < 4.78 is 0. The van der Waals surface area contributed by atoms with E-state index in [2.05, 4.69) is 26.1 Å². The highest BCUT2D eigenvalue weighted by Gasteiger charge is 2.31. The molecule has 3 heteroatoms. The number of carboxylic acid groups (broad SMARTS) is 1.